The lowest BCUT2D eigenvalue weighted by Gasteiger charge is -2.22. The molecule has 0 radical (unpaired) electrons. The predicted molar refractivity (Wildman–Crippen MR) is 110 cm³/mol. The number of hydrogen-bond donors (Lipinski definition) is 1. The highest BCUT2D eigenvalue weighted by Gasteiger charge is 2.14. The van der Waals surface area contributed by atoms with E-state index in [1.807, 2.05) is 34.6 Å². The number of aryl methyl sites for hydroxylation is 1. The van der Waals surface area contributed by atoms with Gasteiger partial charge in [0, 0.05) is 4.88 Å². The number of anilines is 1. The van der Waals surface area contributed by atoms with Gasteiger partial charge in [-0.3, -0.25) is 4.79 Å². The Kier molecular flexibility index (Phi) is 16.7. The number of ether oxygens (including phenoxy) is 1. The van der Waals surface area contributed by atoms with Crippen LogP contribution in [0.2, 0.25) is 0 Å². The molecular weight excluding hydrogens is 334 g/mol. The number of thiophene rings is 1. The summed E-state index contributed by atoms with van der Waals surface area (Å²) in [7, 11) is 1.31. The maximum atomic E-state index is 11.2. The first-order valence-electron chi connectivity index (χ1n) is 9.36. The molecule has 0 bridgehead atoms. The first-order chi connectivity index (χ1) is 12.0. The van der Waals surface area contributed by atoms with E-state index in [0.717, 1.165) is 16.7 Å². The average molecular weight is 372 g/mol. The molecule has 5 heteroatoms. The fourth-order valence-electron chi connectivity index (χ4n) is 2.36. The largest absolute Gasteiger partial charge is 0.465 e. The fourth-order valence-corrected chi connectivity index (χ4v) is 3.25. The van der Waals surface area contributed by atoms with E-state index in [1.54, 1.807) is 6.07 Å². The zero-order valence-electron chi connectivity index (χ0n) is 17.3. The summed E-state index contributed by atoms with van der Waals surface area (Å²) in [5, 5.41) is 2.44. The summed E-state index contributed by atoms with van der Waals surface area (Å²) < 4.78 is 4.55. The molecule has 1 saturated carbocycles. The van der Waals surface area contributed by atoms with Crippen LogP contribution in [0, 0.1) is 18.8 Å². The number of amides is 1. The van der Waals surface area contributed by atoms with Gasteiger partial charge in [0.15, 0.2) is 0 Å². The topological polar surface area (TPSA) is 55.4 Å². The minimum atomic E-state index is -0.428. The zero-order valence-corrected chi connectivity index (χ0v) is 18.1. The molecule has 25 heavy (non-hydrogen) atoms. The lowest BCUT2D eigenvalue weighted by Crippen LogP contribution is -2.08. The minimum absolute atomic E-state index is 0.423. The van der Waals surface area contributed by atoms with Gasteiger partial charge in [-0.2, -0.15) is 0 Å². The molecule has 0 aromatic carbocycles. The maximum Gasteiger partial charge on any atom is 0.350 e. The normalized spacial score (nSPS) is 18.1. The smallest absolute Gasteiger partial charge is 0.350 e. The molecule has 0 unspecified atom stereocenters. The number of rotatable bonds is 3. The van der Waals surface area contributed by atoms with Crippen molar-refractivity contribution in [2.24, 2.45) is 11.8 Å². The Morgan fingerprint density at radius 3 is 1.92 bits per heavy atom. The highest BCUT2D eigenvalue weighted by Crippen LogP contribution is 2.27. The van der Waals surface area contributed by atoms with Gasteiger partial charge < -0.3 is 10.1 Å². The molecular formula is C20H37NO3S. The second kappa shape index (κ2) is 16.1. The van der Waals surface area contributed by atoms with E-state index in [0.29, 0.717) is 17.0 Å². The van der Waals surface area contributed by atoms with Crippen LogP contribution in [0.15, 0.2) is 6.07 Å². The van der Waals surface area contributed by atoms with Crippen LogP contribution < -0.4 is 5.32 Å². The van der Waals surface area contributed by atoms with Crippen molar-refractivity contribution in [3.63, 3.8) is 0 Å². The standard InChI is InChI=1S/C8H9NO3S.C8H16.2C2H6/c1-5-3-6(9-4-10)7(13-5)8(11)12-2;1-7-3-5-8(2)6-4-7;2*1-2/h3-4H,1-2H3,(H,9,10);7-8H,3-6H2,1-2H3;2*1-2H3. The van der Waals surface area contributed by atoms with Gasteiger partial charge in [-0.1, -0.05) is 67.2 Å². The number of carbonyl (C=O) groups is 2. The van der Waals surface area contributed by atoms with Crippen molar-refractivity contribution in [1.82, 2.24) is 0 Å². The molecule has 1 fully saturated rings. The van der Waals surface area contributed by atoms with E-state index in [2.05, 4.69) is 23.9 Å². The molecule has 1 aliphatic carbocycles. The lowest BCUT2D eigenvalue weighted by molar-refractivity contribution is -0.105. The summed E-state index contributed by atoms with van der Waals surface area (Å²) in [6.07, 6.45) is 6.43. The summed E-state index contributed by atoms with van der Waals surface area (Å²) in [6, 6.07) is 1.73. The quantitative estimate of drug-likeness (QED) is 0.501. The summed E-state index contributed by atoms with van der Waals surface area (Å²) >= 11 is 1.29. The van der Waals surface area contributed by atoms with Crippen LogP contribution in [0.1, 0.15) is 81.8 Å². The number of hydrogen-bond acceptors (Lipinski definition) is 4. The van der Waals surface area contributed by atoms with Gasteiger partial charge in [0.1, 0.15) is 4.88 Å². The maximum absolute atomic E-state index is 11.2. The molecule has 4 nitrogen and oxygen atoms in total. The van der Waals surface area contributed by atoms with Crippen molar-refractivity contribution in [2.45, 2.75) is 74.1 Å². The zero-order chi connectivity index (χ0) is 19.8. The Balaban J connectivity index is 0. The third-order valence-electron chi connectivity index (χ3n) is 3.75. The Hall–Kier alpha value is -1.36. The summed E-state index contributed by atoms with van der Waals surface area (Å²) in [4.78, 5) is 22.7. The SMILES string of the molecule is CC.CC.CC1CCC(C)CC1.COC(=O)c1sc(C)cc1NC=O. The van der Waals surface area contributed by atoms with Crippen LogP contribution >= 0.6 is 11.3 Å². The van der Waals surface area contributed by atoms with Gasteiger partial charge in [0.25, 0.3) is 0 Å². The molecule has 0 spiro atoms. The molecule has 1 heterocycles. The molecule has 1 amide bonds. The van der Waals surface area contributed by atoms with Crippen molar-refractivity contribution in [3.05, 3.63) is 15.8 Å². The average Bonchev–Trinajstić information content (AvgIpc) is 3.01. The van der Waals surface area contributed by atoms with Crippen molar-refractivity contribution >= 4 is 29.4 Å². The van der Waals surface area contributed by atoms with Gasteiger partial charge >= 0.3 is 5.97 Å². The second-order valence-electron chi connectivity index (χ2n) is 5.72. The first kappa shape index (κ1) is 25.9. The predicted octanol–water partition coefficient (Wildman–Crippen LogP) is 6.30. The molecule has 1 aliphatic rings. The van der Waals surface area contributed by atoms with Gasteiger partial charge in [-0.25, -0.2) is 4.79 Å². The second-order valence-corrected chi connectivity index (χ2v) is 6.97. The summed E-state index contributed by atoms with van der Waals surface area (Å²) in [5.41, 5.74) is 0.504. The Morgan fingerprint density at radius 1 is 1.12 bits per heavy atom. The van der Waals surface area contributed by atoms with Gasteiger partial charge in [0.05, 0.1) is 12.8 Å². The van der Waals surface area contributed by atoms with Crippen LogP contribution in [-0.2, 0) is 9.53 Å². The van der Waals surface area contributed by atoms with Crippen LogP contribution in [0.3, 0.4) is 0 Å². The third-order valence-corrected chi connectivity index (χ3v) is 4.78. The third kappa shape index (κ3) is 11.0. The van der Waals surface area contributed by atoms with E-state index in [1.165, 1.54) is 44.1 Å². The van der Waals surface area contributed by atoms with Crippen LogP contribution in [0.5, 0.6) is 0 Å². The summed E-state index contributed by atoms with van der Waals surface area (Å²) in [5.74, 6) is 1.61. The van der Waals surface area contributed by atoms with Crippen molar-refractivity contribution < 1.29 is 14.3 Å². The molecule has 1 aromatic heterocycles. The van der Waals surface area contributed by atoms with Gasteiger partial charge in [-0.15, -0.1) is 11.3 Å². The number of methoxy groups -OCH3 is 1. The molecule has 1 aromatic rings. The van der Waals surface area contributed by atoms with Crippen LogP contribution in [0.4, 0.5) is 5.69 Å². The van der Waals surface area contributed by atoms with Crippen LogP contribution in [-0.4, -0.2) is 19.5 Å². The fraction of sp³-hybridized carbons (Fsp3) is 0.700. The van der Waals surface area contributed by atoms with Crippen molar-refractivity contribution in [1.29, 1.82) is 0 Å². The molecule has 2 rings (SSSR count). The van der Waals surface area contributed by atoms with Crippen molar-refractivity contribution in [3.8, 4) is 0 Å². The van der Waals surface area contributed by atoms with Crippen molar-refractivity contribution in [2.75, 3.05) is 12.4 Å². The Bertz CT molecular complexity index is 454. The van der Waals surface area contributed by atoms with E-state index < -0.39 is 5.97 Å². The number of esters is 1. The molecule has 0 atom stereocenters. The number of nitrogens with one attached hydrogen (secondary N) is 1. The monoisotopic (exact) mass is 371 g/mol. The Morgan fingerprint density at radius 2 is 1.56 bits per heavy atom. The molecule has 146 valence electrons. The highest BCUT2D eigenvalue weighted by molar-refractivity contribution is 7.14. The number of carbonyl (C=O) groups excluding carboxylic acids is 2. The van der Waals surface area contributed by atoms with Gasteiger partial charge in [0.2, 0.25) is 6.41 Å². The first-order valence-corrected chi connectivity index (χ1v) is 10.2. The minimum Gasteiger partial charge on any atom is -0.465 e. The molecule has 0 aliphatic heterocycles. The Labute approximate surface area is 158 Å². The molecule has 0 saturated heterocycles. The highest BCUT2D eigenvalue weighted by atomic mass is 32.1. The van der Waals surface area contributed by atoms with Crippen LogP contribution in [0.25, 0.3) is 0 Å². The van der Waals surface area contributed by atoms with Gasteiger partial charge in [-0.05, 0) is 24.8 Å². The van der Waals surface area contributed by atoms with E-state index in [9.17, 15) is 9.59 Å². The van der Waals surface area contributed by atoms with E-state index in [-0.39, 0.29) is 0 Å². The lowest BCUT2D eigenvalue weighted by atomic mass is 9.84. The summed E-state index contributed by atoms with van der Waals surface area (Å²) in [6.45, 7) is 14.6. The molecule has 1 N–H and O–H groups in total. The van der Waals surface area contributed by atoms with E-state index >= 15 is 0 Å². The van der Waals surface area contributed by atoms with E-state index in [4.69, 9.17) is 0 Å².